The number of carbonyl (C=O) groups excluding carboxylic acids is 4. The number of carbonyl (C=O) groups is 4. The highest BCUT2D eigenvalue weighted by molar-refractivity contribution is 6.23. The van der Waals surface area contributed by atoms with Gasteiger partial charge in [-0.05, 0) is 25.5 Å². The van der Waals surface area contributed by atoms with Crippen LogP contribution in [0, 0.1) is 6.92 Å². The highest BCUT2D eigenvalue weighted by atomic mass is 16.2. The van der Waals surface area contributed by atoms with E-state index in [1.54, 1.807) is 18.2 Å². The maximum Gasteiger partial charge on any atom is 0.262 e. The Labute approximate surface area is 148 Å². The lowest BCUT2D eigenvalue weighted by molar-refractivity contribution is -0.149. The summed E-state index contributed by atoms with van der Waals surface area (Å²) in [7, 11) is 1.37. The van der Waals surface area contributed by atoms with Crippen LogP contribution in [0.5, 0.6) is 0 Å². The fourth-order valence-electron chi connectivity index (χ4n) is 2.79. The molecule has 0 N–H and O–H groups in total. The molecule has 1 aromatic rings. The highest BCUT2D eigenvalue weighted by Gasteiger charge is 2.46. The summed E-state index contributed by atoms with van der Waals surface area (Å²) in [6.45, 7) is 9.83. The lowest BCUT2D eigenvalue weighted by Crippen LogP contribution is -2.54. The van der Waals surface area contributed by atoms with Gasteiger partial charge in [0.15, 0.2) is 0 Å². The molecule has 1 fully saturated rings. The molecule has 2 aliphatic rings. The molecule has 136 valence electrons. The Hall–Kier alpha value is -2.50. The fourth-order valence-corrected chi connectivity index (χ4v) is 2.79. The molecule has 1 aromatic carbocycles. The number of fused-ring (bicyclic) bond motifs is 1. The van der Waals surface area contributed by atoms with Crippen molar-refractivity contribution in [2.24, 2.45) is 0 Å². The average molecular weight is 346 g/mol. The second kappa shape index (κ2) is 8.55. The van der Waals surface area contributed by atoms with Crippen LogP contribution >= 0.6 is 0 Å². The van der Waals surface area contributed by atoms with E-state index < -0.39 is 23.8 Å². The minimum Gasteiger partial charge on any atom is -0.284 e. The van der Waals surface area contributed by atoms with Gasteiger partial charge in [0.05, 0.1) is 11.1 Å². The SMILES string of the molecule is CC.CC.Cc1ccc2c(c1)C(=O)N(C1CCC(=O)N(C)C1=O)C2=O. The first-order valence-corrected chi connectivity index (χ1v) is 8.70. The zero-order chi connectivity index (χ0) is 19.3. The average Bonchev–Trinajstić information content (AvgIpc) is 2.87. The van der Waals surface area contributed by atoms with Crippen molar-refractivity contribution in [3.63, 3.8) is 0 Å². The van der Waals surface area contributed by atoms with Crippen molar-refractivity contribution in [3.8, 4) is 0 Å². The van der Waals surface area contributed by atoms with Crippen LogP contribution in [-0.2, 0) is 9.59 Å². The molecule has 0 saturated carbocycles. The van der Waals surface area contributed by atoms with Gasteiger partial charge in [-0.3, -0.25) is 29.0 Å². The number of hydrogen-bond donors (Lipinski definition) is 0. The van der Waals surface area contributed by atoms with Gasteiger partial charge in [0.2, 0.25) is 5.91 Å². The first kappa shape index (κ1) is 20.5. The van der Waals surface area contributed by atoms with Gasteiger partial charge in [-0.25, -0.2) is 0 Å². The molecule has 0 aliphatic carbocycles. The van der Waals surface area contributed by atoms with Crippen LogP contribution in [0.3, 0.4) is 0 Å². The van der Waals surface area contributed by atoms with Gasteiger partial charge in [0.1, 0.15) is 6.04 Å². The van der Waals surface area contributed by atoms with Crippen molar-refractivity contribution >= 4 is 23.6 Å². The molecule has 0 spiro atoms. The summed E-state index contributed by atoms with van der Waals surface area (Å²) in [5, 5.41) is 0. The van der Waals surface area contributed by atoms with E-state index >= 15 is 0 Å². The van der Waals surface area contributed by atoms with Crippen LogP contribution < -0.4 is 0 Å². The van der Waals surface area contributed by atoms with Crippen LogP contribution in [0.15, 0.2) is 18.2 Å². The fraction of sp³-hybridized carbons (Fsp3) is 0.474. The smallest absolute Gasteiger partial charge is 0.262 e. The zero-order valence-corrected chi connectivity index (χ0v) is 15.8. The van der Waals surface area contributed by atoms with Crippen LogP contribution in [-0.4, -0.2) is 46.5 Å². The molecular formula is C19H26N2O4. The second-order valence-corrected chi connectivity index (χ2v) is 5.37. The first-order chi connectivity index (χ1) is 11.9. The number of nitrogens with zero attached hydrogens (tertiary/aromatic N) is 2. The van der Waals surface area contributed by atoms with Gasteiger partial charge in [-0.15, -0.1) is 0 Å². The summed E-state index contributed by atoms with van der Waals surface area (Å²) in [4.78, 5) is 50.5. The third-order valence-electron chi connectivity index (χ3n) is 4.01. The molecule has 1 unspecified atom stereocenters. The second-order valence-electron chi connectivity index (χ2n) is 5.37. The van der Waals surface area contributed by atoms with Crippen molar-refractivity contribution in [1.29, 1.82) is 0 Å². The summed E-state index contributed by atoms with van der Waals surface area (Å²) in [6.07, 6.45) is 0.339. The summed E-state index contributed by atoms with van der Waals surface area (Å²) in [6, 6.07) is 4.12. The lowest BCUT2D eigenvalue weighted by Gasteiger charge is -2.32. The minimum atomic E-state index is -0.889. The van der Waals surface area contributed by atoms with E-state index in [1.807, 2.05) is 34.6 Å². The van der Waals surface area contributed by atoms with E-state index in [9.17, 15) is 19.2 Å². The molecule has 4 amide bonds. The summed E-state index contributed by atoms with van der Waals surface area (Å²) in [5.41, 5.74) is 1.52. The number of likely N-dealkylation sites (tertiary alicyclic amines) is 1. The van der Waals surface area contributed by atoms with Crippen molar-refractivity contribution in [3.05, 3.63) is 34.9 Å². The number of likely N-dealkylation sites (N-methyl/N-ethyl adjacent to an activating group) is 1. The molecule has 3 rings (SSSR count). The summed E-state index contributed by atoms with van der Waals surface area (Å²) >= 11 is 0. The number of aryl methyl sites for hydroxylation is 1. The van der Waals surface area contributed by atoms with E-state index in [4.69, 9.17) is 0 Å². The molecule has 6 heteroatoms. The molecule has 2 heterocycles. The number of imide groups is 2. The standard InChI is InChI=1S/C15H14N2O4.2C2H6/c1-8-3-4-9-10(7-8)14(20)17(13(9)19)11-5-6-12(18)16(2)15(11)21;2*1-2/h3-4,7,11H,5-6H2,1-2H3;2*1-2H3. The Morgan fingerprint density at radius 3 is 2.08 bits per heavy atom. The van der Waals surface area contributed by atoms with E-state index in [2.05, 4.69) is 0 Å². The van der Waals surface area contributed by atoms with Gasteiger partial charge in [-0.2, -0.15) is 0 Å². The van der Waals surface area contributed by atoms with E-state index in [-0.39, 0.29) is 18.7 Å². The molecule has 25 heavy (non-hydrogen) atoms. The molecule has 6 nitrogen and oxygen atoms in total. The molecule has 0 bridgehead atoms. The minimum absolute atomic E-state index is 0.152. The molecule has 1 atom stereocenters. The number of benzene rings is 1. The topological polar surface area (TPSA) is 74.8 Å². The monoisotopic (exact) mass is 346 g/mol. The van der Waals surface area contributed by atoms with E-state index in [0.29, 0.717) is 11.1 Å². The lowest BCUT2D eigenvalue weighted by atomic mass is 10.0. The maximum atomic E-state index is 12.4. The van der Waals surface area contributed by atoms with Gasteiger partial charge in [0, 0.05) is 13.5 Å². The quantitative estimate of drug-likeness (QED) is 0.733. The largest absolute Gasteiger partial charge is 0.284 e. The van der Waals surface area contributed by atoms with Crippen LogP contribution in [0.25, 0.3) is 0 Å². The molecule has 0 aromatic heterocycles. The highest BCUT2D eigenvalue weighted by Crippen LogP contribution is 2.29. The summed E-state index contributed by atoms with van der Waals surface area (Å²) < 4.78 is 0. The van der Waals surface area contributed by atoms with Crippen LogP contribution in [0.2, 0.25) is 0 Å². The molecular weight excluding hydrogens is 320 g/mol. The Kier molecular flexibility index (Phi) is 7.03. The maximum absolute atomic E-state index is 12.4. The number of rotatable bonds is 1. The van der Waals surface area contributed by atoms with Crippen molar-refractivity contribution in [2.45, 2.75) is 53.5 Å². The van der Waals surface area contributed by atoms with Crippen LogP contribution in [0.4, 0.5) is 0 Å². The molecule has 0 radical (unpaired) electrons. The van der Waals surface area contributed by atoms with Gasteiger partial charge in [0.25, 0.3) is 17.7 Å². The predicted molar refractivity (Wildman–Crippen MR) is 95.2 cm³/mol. The Balaban J connectivity index is 0.000000730. The van der Waals surface area contributed by atoms with Gasteiger partial charge < -0.3 is 0 Å². The third-order valence-corrected chi connectivity index (χ3v) is 4.01. The summed E-state index contributed by atoms with van der Waals surface area (Å²) in [5.74, 6) is -1.71. The normalized spacial score (nSPS) is 19.0. The predicted octanol–water partition coefficient (Wildman–Crippen LogP) is 2.79. The Morgan fingerprint density at radius 1 is 0.920 bits per heavy atom. The van der Waals surface area contributed by atoms with Gasteiger partial charge in [-0.1, -0.05) is 39.3 Å². The Morgan fingerprint density at radius 2 is 1.48 bits per heavy atom. The van der Waals surface area contributed by atoms with Crippen molar-refractivity contribution in [1.82, 2.24) is 9.80 Å². The van der Waals surface area contributed by atoms with Crippen molar-refractivity contribution in [2.75, 3.05) is 7.05 Å². The van der Waals surface area contributed by atoms with E-state index in [0.717, 1.165) is 15.4 Å². The first-order valence-electron chi connectivity index (χ1n) is 8.70. The molecule has 2 aliphatic heterocycles. The zero-order valence-electron chi connectivity index (χ0n) is 15.8. The van der Waals surface area contributed by atoms with Gasteiger partial charge >= 0.3 is 0 Å². The number of hydrogen-bond acceptors (Lipinski definition) is 4. The van der Waals surface area contributed by atoms with Crippen molar-refractivity contribution < 1.29 is 19.2 Å². The molecule has 1 saturated heterocycles. The number of amides is 4. The number of piperidine rings is 1. The third kappa shape index (κ3) is 3.62. The van der Waals surface area contributed by atoms with E-state index in [1.165, 1.54) is 7.05 Å². The van der Waals surface area contributed by atoms with Crippen LogP contribution in [0.1, 0.15) is 66.8 Å². The Bertz CT molecular complexity index is 697.